The second-order valence-corrected chi connectivity index (χ2v) is 2.65. The van der Waals surface area contributed by atoms with E-state index in [1.54, 1.807) is 6.20 Å². The van der Waals surface area contributed by atoms with Crippen LogP contribution >= 0.6 is 11.3 Å². The smallest absolute Gasteiger partial charge is 0.240 e. The Bertz CT molecular complexity index is 209. The zero-order valence-corrected chi connectivity index (χ0v) is 6.02. The van der Waals surface area contributed by atoms with Gasteiger partial charge in [-0.15, -0.1) is 11.3 Å². The van der Waals surface area contributed by atoms with Gasteiger partial charge in [-0.3, -0.25) is 10.2 Å². The third kappa shape index (κ3) is 1.78. The molecule has 0 saturated carbocycles. The molecule has 0 spiro atoms. The maximum atomic E-state index is 10.6. The van der Waals surface area contributed by atoms with E-state index in [2.05, 4.69) is 4.98 Å². The first kappa shape index (κ1) is 7.17. The number of hydrogen-bond acceptors (Lipinski definition) is 4. The number of aromatic nitrogens is 1. The lowest BCUT2D eigenvalue weighted by Gasteiger charge is -1.92. The van der Waals surface area contributed by atoms with Crippen LogP contribution < -0.4 is 11.3 Å². The number of hydrogen-bond donors (Lipinski definition) is 2. The highest BCUT2D eigenvalue weighted by atomic mass is 32.1. The number of nitrogens with one attached hydrogen (secondary N) is 1. The molecule has 0 radical (unpaired) electrons. The summed E-state index contributed by atoms with van der Waals surface area (Å²) in [5, 5.41) is 2.60. The van der Waals surface area contributed by atoms with E-state index >= 15 is 0 Å². The molecule has 1 heterocycles. The van der Waals surface area contributed by atoms with Crippen LogP contribution in [0.15, 0.2) is 11.6 Å². The number of nitrogens with zero attached hydrogens (tertiary/aromatic N) is 1. The van der Waals surface area contributed by atoms with Crippen molar-refractivity contribution in [2.24, 2.45) is 5.84 Å². The molecule has 1 aromatic rings. The molecule has 54 valence electrons. The van der Waals surface area contributed by atoms with Gasteiger partial charge in [-0.1, -0.05) is 0 Å². The fraction of sp³-hybridized carbons (Fsp3) is 0.200. The predicted octanol–water partition coefficient (Wildman–Crippen LogP) is -0.325. The Morgan fingerprint density at radius 2 is 2.70 bits per heavy atom. The molecule has 3 N–H and O–H groups in total. The average Bonchev–Trinajstić information content (AvgIpc) is 2.40. The van der Waals surface area contributed by atoms with Gasteiger partial charge in [0.15, 0.2) is 0 Å². The van der Waals surface area contributed by atoms with Crippen molar-refractivity contribution in [2.45, 2.75) is 6.42 Å². The molecule has 5 heteroatoms. The summed E-state index contributed by atoms with van der Waals surface area (Å²) in [6, 6.07) is 0. The molecule has 4 nitrogen and oxygen atoms in total. The van der Waals surface area contributed by atoms with Crippen molar-refractivity contribution in [2.75, 3.05) is 0 Å². The van der Waals surface area contributed by atoms with Crippen LogP contribution in [-0.2, 0) is 11.2 Å². The molecule has 0 saturated heterocycles. The van der Waals surface area contributed by atoms with E-state index in [1.165, 1.54) is 11.3 Å². The Morgan fingerprint density at radius 1 is 1.90 bits per heavy atom. The van der Waals surface area contributed by atoms with Crippen LogP contribution in [-0.4, -0.2) is 10.9 Å². The van der Waals surface area contributed by atoms with Crippen LogP contribution in [0.4, 0.5) is 0 Å². The minimum atomic E-state index is -0.213. The van der Waals surface area contributed by atoms with Crippen molar-refractivity contribution in [3.63, 3.8) is 0 Å². The van der Waals surface area contributed by atoms with Crippen molar-refractivity contribution in [3.8, 4) is 0 Å². The normalized spacial score (nSPS) is 9.30. The van der Waals surface area contributed by atoms with Gasteiger partial charge in [0.2, 0.25) is 5.91 Å². The first-order valence-corrected chi connectivity index (χ1v) is 3.58. The van der Waals surface area contributed by atoms with Crippen LogP contribution in [0.5, 0.6) is 0 Å². The van der Waals surface area contributed by atoms with E-state index in [9.17, 15) is 4.79 Å². The quantitative estimate of drug-likeness (QED) is 0.351. The molecule has 1 aromatic heterocycles. The average molecular weight is 157 g/mol. The molecule has 0 bridgehead atoms. The number of carbonyl (C=O) groups is 1. The van der Waals surface area contributed by atoms with Crippen LogP contribution in [0.25, 0.3) is 0 Å². The maximum Gasteiger partial charge on any atom is 0.240 e. The highest BCUT2D eigenvalue weighted by Gasteiger charge is 2.01. The Morgan fingerprint density at radius 3 is 3.20 bits per heavy atom. The number of thiazole rings is 1. The Balaban J connectivity index is 2.48. The SMILES string of the molecule is NNC(=O)Cc1nccs1. The Kier molecular flexibility index (Phi) is 2.35. The second-order valence-electron chi connectivity index (χ2n) is 1.67. The largest absolute Gasteiger partial charge is 0.294 e. The molecule has 10 heavy (non-hydrogen) atoms. The summed E-state index contributed by atoms with van der Waals surface area (Å²) < 4.78 is 0. The van der Waals surface area contributed by atoms with Crippen LogP contribution in [0, 0.1) is 0 Å². The number of amides is 1. The number of carbonyl (C=O) groups excluding carboxylic acids is 1. The van der Waals surface area contributed by atoms with Crippen molar-refractivity contribution < 1.29 is 4.79 Å². The lowest BCUT2D eigenvalue weighted by atomic mass is 10.4. The fourth-order valence-electron chi connectivity index (χ4n) is 0.529. The lowest BCUT2D eigenvalue weighted by molar-refractivity contribution is -0.120. The van der Waals surface area contributed by atoms with Crippen molar-refractivity contribution in [1.82, 2.24) is 10.4 Å². The molecular formula is C5H7N3OS. The van der Waals surface area contributed by atoms with Crippen molar-refractivity contribution in [1.29, 1.82) is 0 Å². The molecule has 0 aliphatic carbocycles. The van der Waals surface area contributed by atoms with Gasteiger partial charge in [-0.05, 0) is 0 Å². The fourth-order valence-corrected chi connectivity index (χ4v) is 1.14. The van der Waals surface area contributed by atoms with Crippen LogP contribution in [0.3, 0.4) is 0 Å². The minimum absolute atomic E-state index is 0.213. The zero-order valence-electron chi connectivity index (χ0n) is 5.20. The molecule has 1 amide bonds. The van der Waals surface area contributed by atoms with Gasteiger partial charge in [0.05, 0.1) is 6.42 Å². The van der Waals surface area contributed by atoms with E-state index in [0.717, 1.165) is 5.01 Å². The zero-order chi connectivity index (χ0) is 7.40. The topological polar surface area (TPSA) is 68.0 Å². The summed E-state index contributed by atoms with van der Waals surface area (Å²) in [7, 11) is 0. The highest BCUT2D eigenvalue weighted by Crippen LogP contribution is 2.03. The monoisotopic (exact) mass is 157 g/mol. The summed E-state index contributed by atoms with van der Waals surface area (Å²) in [6.07, 6.45) is 1.93. The molecule has 1 rings (SSSR count). The Labute approximate surface area is 62.0 Å². The van der Waals surface area contributed by atoms with Gasteiger partial charge in [0.25, 0.3) is 0 Å². The van der Waals surface area contributed by atoms with E-state index < -0.39 is 0 Å². The molecule has 0 unspecified atom stereocenters. The number of nitrogens with two attached hydrogens (primary N) is 1. The van der Waals surface area contributed by atoms with Gasteiger partial charge < -0.3 is 0 Å². The van der Waals surface area contributed by atoms with Crippen molar-refractivity contribution >= 4 is 17.2 Å². The molecule has 0 aliphatic heterocycles. The predicted molar refractivity (Wildman–Crippen MR) is 38.1 cm³/mol. The van der Waals surface area contributed by atoms with Gasteiger partial charge in [0.1, 0.15) is 5.01 Å². The van der Waals surface area contributed by atoms with Gasteiger partial charge >= 0.3 is 0 Å². The molecule has 0 atom stereocenters. The van der Waals surface area contributed by atoms with Crippen LogP contribution in [0.1, 0.15) is 5.01 Å². The van der Waals surface area contributed by atoms with E-state index in [4.69, 9.17) is 5.84 Å². The third-order valence-electron chi connectivity index (χ3n) is 0.956. The molecule has 0 fully saturated rings. The molecule has 0 aromatic carbocycles. The second kappa shape index (κ2) is 3.28. The standard InChI is InChI=1S/C5H7N3OS/c6-8-4(9)3-5-7-1-2-10-5/h1-2H,3,6H2,(H,8,9). The first-order valence-electron chi connectivity index (χ1n) is 2.70. The van der Waals surface area contributed by atoms with Gasteiger partial charge in [0, 0.05) is 11.6 Å². The Hall–Kier alpha value is -0.940. The summed E-state index contributed by atoms with van der Waals surface area (Å²) in [4.78, 5) is 14.5. The highest BCUT2D eigenvalue weighted by molar-refractivity contribution is 7.09. The van der Waals surface area contributed by atoms with E-state index in [0.29, 0.717) is 0 Å². The maximum absolute atomic E-state index is 10.6. The van der Waals surface area contributed by atoms with Crippen LogP contribution in [0.2, 0.25) is 0 Å². The lowest BCUT2D eigenvalue weighted by Crippen LogP contribution is -2.31. The van der Waals surface area contributed by atoms with E-state index in [1.807, 2.05) is 10.8 Å². The van der Waals surface area contributed by atoms with Crippen molar-refractivity contribution in [3.05, 3.63) is 16.6 Å². The molecular weight excluding hydrogens is 150 g/mol. The number of rotatable bonds is 2. The molecule has 0 aliphatic rings. The minimum Gasteiger partial charge on any atom is -0.294 e. The summed E-state index contributed by atoms with van der Waals surface area (Å²) in [5.41, 5.74) is 2.03. The number of hydrazine groups is 1. The third-order valence-corrected chi connectivity index (χ3v) is 1.74. The summed E-state index contributed by atoms with van der Waals surface area (Å²) in [6.45, 7) is 0. The van der Waals surface area contributed by atoms with Gasteiger partial charge in [-0.2, -0.15) is 0 Å². The first-order chi connectivity index (χ1) is 4.83. The van der Waals surface area contributed by atoms with E-state index in [-0.39, 0.29) is 12.3 Å². The summed E-state index contributed by atoms with van der Waals surface area (Å²) >= 11 is 1.44. The van der Waals surface area contributed by atoms with Gasteiger partial charge in [-0.25, -0.2) is 10.8 Å². The summed E-state index contributed by atoms with van der Waals surface area (Å²) in [5.74, 6) is 4.65.